The van der Waals surface area contributed by atoms with E-state index in [1.807, 2.05) is 12.1 Å². The van der Waals surface area contributed by atoms with Crippen LogP contribution in [0.5, 0.6) is 11.5 Å². The van der Waals surface area contributed by atoms with Crippen molar-refractivity contribution in [3.8, 4) is 11.5 Å². The van der Waals surface area contributed by atoms with E-state index in [2.05, 4.69) is 23.1 Å². The number of hydrogen-bond donors (Lipinski definition) is 1. The van der Waals surface area contributed by atoms with Gasteiger partial charge in [0, 0.05) is 17.8 Å². The van der Waals surface area contributed by atoms with Gasteiger partial charge in [-0.25, -0.2) is 0 Å². The predicted octanol–water partition coefficient (Wildman–Crippen LogP) is 2.48. The molecule has 104 valence electrons. The van der Waals surface area contributed by atoms with Crippen molar-refractivity contribution in [3.63, 3.8) is 0 Å². The Balaban J connectivity index is 1.65. The van der Waals surface area contributed by atoms with Crippen LogP contribution in [0.25, 0.3) is 0 Å². The number of fused-ring (bicyclic) bond motifs is 1. The van der Waals surface area contributed by atoms with Gasteiger partial charge in [-0.05, 0) is 36.6 Å². The van der Waals surface area contributed by atoms with E-state index in [1.54, 1.807) is 7.11 Å². The lowest BCUT2D eigenvalue weighted by molar-refractivity contribution is 0.217. The van der Waals surface area contributed by atoms with Gasteiger partial charge in [0.05, 0.1) is 7.11 Å². The quantitative estimate of drug-likeness (QED) is 0.921. The molecule has 2 aliphatic heterocycles. The van der Waals surface area contributed by atoms with Crippen LogP contribution in [-0.2, 0) is 6.42 Å². The van der Waals surface area contributed by atoms with Crippen molar-refractivity contribution in [2.75, 3.05) is 25.2 Å². The highest BCUT2D eigenvalue weighted by Gasteiger charge is 2.25. The van der Waals surface area contributed by atoms with Crippen molar-refractivity contribution in [1.82, 2.24) is 5.32 Å². The molecule has 0 bridgehead atoms. The van der Waals surface area contributed by atoms with Crippen LogP contribution < -0.4 is 14.8 Å². The van der Waals surface area contributed by atoms with E-state index in [0.717, 1.165) is 24.5 Å². The summed E-state index contributed by atoms with van der Waals surface area (Å²) in [4.78, 5) is 0. The van der Waals surface area contributed by atoms with E-state index in [4.69, 9.17) is 9.47 Å². The average molecular weight is 279 g/mol. The first-order valence-electron chi connectivity index (χ1n) is 6.99. The molecule has 3 nitrogen and oxygen atoms in total. The van der Waals surface area contributed by atoms with Gasteiger partial charge >= 0.3 is 0 Å². The molecule has 0 radical (unpaired) electrons. The lowest BCUT2D eigenvalue weighted by Crippen LogP contribution is -2.46. The Bertz CT molecular complexity index is 432. The van der Waals surface area contributed by atoms with Crippen LogP contribution in [0.15, 0.2) is 18.2 Å². The summed E-state index contributed by atoms with van der Waals surface area (Å²) < 4.78 is 11.3. The zero-order valence-corrected chi connectivity index (χ0v) is 12.2. The van der Waals surface area contributed by atoms with E-state index in [1.165, 1.54) is 29.9 Å². The molecule has 0 amide bonds. The standard InChI is InChI=1S/C15H21NO2S/c1-17-14-6-2-4-11-8-13(9-18-15(11)14)16-12-5-3-7-19-10-12/h2,4,6,12-13,16H,3,5,7-10H2,1H3/t12-,13-/m1/s1. The fraction of sp³-hybridized carbons (Fsp3) is 0.600. The Morgan fingerprint density at radius 1 is 1.37 bits per heavy atom. The third-order valence-corrected chi connectivity index (χ3v) is 5.02. The molecule has 2 aliphatic rings. The summed E-state index contributed by atoms with van der Waals surface area (Å²) in [7, 11) is 1.70. The van der Waals surface area contributed by atoms with Gasteiger partial charge in [-0.15, -0.1) is 0 Å². The fourth-order valence-electron chi connectivity index (χ4n) is 2.87. The van der Waals surface area contributed by atoms with E-state index < -0.39 is 0 Å². The third kappa shape index (κ3) is 3.00. The molecule has 4 heteroatoms. The highest BCUT2D eigenvalue weighted by Crippen LogP contribution is 2.34. The molecule has 2 heterocycles. The van der Waals surface area contributed by atoms with Gasteiger partial charge in [-0.3, -0.25) is 0 Å². The number of para-hydroxylation sites is 1. The maximum Gasteiger partial charge on any atom is 0.164 e. The van der Waals surface area contributed by atoms with E-state index in [9.17, 15) is 0 Å². The van der Waals surface area contributed by atoms with Crippen molar-refractivity contribution in [2.24, 2.45) is 0 Å². The highest BCUT2D eigenvalue weighted by molar-refractivity contribution is 7.99. The fourth-order valence-corrected chi connectivity index (χ4v) is 3.95. The minimum absolute atomic E-state index is 0.434. The van der Waals surface area contributed by atoms with Gasteiger partial charge in [0.15, 0.2) is 11.5 Å². The number of nitrogens with one attached hydrogen (secondary N) is 1. The number of thioether (sulfide) groups is 1. The Hall–Kier alpha value is -0.870. The summed E-state index contributed by atoms with van der Waals surface area (Å²) in [6.45, 7) is 0.745. The second kappa shape index (κ2) is 6.06. The lowest BCUT2D eigenvalue weighted by atomic mass is 10.0. The predicted molar refractivity (Wildman–Crippen MR) is 79.5 cm³/mol. The van der Waals surface area contributed by atoms with Gasteiger partial charge in [-0.2, -0.15) is 11.8 Å². The molecule has 1 fully saturated rings. The zero-order chi connectivity index (χ0) is 13.1. The van der Waals surface area contributed by atoms with Gasteiger partial charge in [-0.1, -0.05) is 12.1 Å². The lowest BCUT2D eigenvalue weighted by Gasteiger charge is -2.32. The van der Waals surface area contributed by atoms with Crippen molar-refractivity contribution in [1.29, 1.82) is 0 Å². The molecule has 3 rings (SSSR count). The minimum Gasteiger partial charge on any atom is -0.493 e. The summed E-state index contributed by atoms with van der Waals surface area (Å²) >= 11 is 2.06. The van der Waals surface area contributed by atoms with E-state index in [0.29, 0.717) is 12.1 Å². The van der Waals surface area contributed by atoms with Crippen molar-refractivity contribution in [2.45, 2.75) is 31.3 Å². The summed E-state index contributed by atoms with van der Waals surface area (Å²) in [5.74, 6) is 4.34. The Morgan fingerprint density at radius 3 is 3.11 bits per heavy atom. The normalized spacial score (nSPS) is 26.4. The average Bonchev–Trinajstić information content (AvgIpc) is 2.47. The first kappa shape index (κ1) is 13.1. The van der Waals surface area contributed by atoms with Crippen LogP contribution in [0.1, 0.15) is 18.4 Å². The van der Waals surface area contributed by atoms with Crippen molar-refractivity contribution < 1.29 is 9.47 Å². The Morgan fingerprint density at radius 2 is 2.32 bits per heavy atom. The Labute approximate surface area is 119 Å². The minimum atomic E-state index is 0.434. The molecule has 1 aromatic rings. The molecule has 1 aromatic carbocycles. The van der Waals surface area contributed by atoms with Gasteiger partial charge in [0.1, 0.15) is 6.61 Å². The van der Waals surface area contributed by atoms with Crippen LogP contribution in [-0.4, -0.2) is 37.3 Å². The first-order chi connectivity index (χ1) is 9.36. The van der Waals surface area contributed by atoms with Crippen molar-refractivity contribution in [3.05, 3.63) is 23.8 Å². The molecule has 2 atom stereocenters. The van der Waals surface area contributed by atoms with Gasteiger partial charge < -0.3 is 14.8 Å². The monoisotopic (exact) mass is 279 g/mol. The smallest absolute Gasteiger partial charge is 0.164 e. The van der Waals surface area contributed by atoms with Crippen molar-refractivity contribution >= 4 is 11.8 Å². The molecular formula is C15H21NO2S. The largest absolute Gasteiger partial charge is 0.493 e. The summed E-state index contributed by atoms with van der Waals surface area (Å²) in [5, 5.41) is 3.75. The van der Waals surface area contributed by atoms with Gasteiger partial charge in [0.2, 0.25) is 0 Å². The maximum absolute atomic E-state index is 5.91. The maximum atomic E-state index is 5.91. The second-order valence-electron chi connectivity index (χ2n) is 5.24. The molecule has 0 spiro atoms. The van der Waals surface area contributed by atoms with E-state index >= 15 is 0 Å². The van der Waals surface area contributed by atoms with Crippen LogP contribution in [0.2, 0.25) is 0 Å². The number of hydrogen-bond acceptors (Lipinski definition) is 4. The third-order valence-electron chi connectivity index (χ3n) is 3.81. The summed E-state index contributed by atoms with van der Waals surface area (Å²) in [6, 6.07) is 7.23. The topological polar surface area (TPSA) is 30.5 Å². The number of rotatable bonds is 3. The molecule has 0 aromatic heterocycles. The first-order valence-corrected chi connectivity index (χ1v) is 8.15. The molecule has 0 saturated carbocycles. The number of ether oxygens (including phenoxy) is 2. The van der Waals surface area contributed by atoms with Crippen LogP contribution in [0.3, 0.4) is 0 Å². The second-order valence-corrected chi connectivity index (χ2v) is 6.39. The number of benzene rings is 1. The van der Waals surface area contributed by atoms with E-state index in [-0.39, 0.29) is 0 Å². The molecule has 1 saturated heterocycles. The SMILES string of the molecule is COc1cccc2c1OC[C@H](N[C@@H]1CCCSC1)C2. The number of methoxy groups -OCH3 is 1. The van der Waals surface area contributed by atoms with Crippen LogP contribution in [0, 0.1) is 0 Å². The molecular weight excluding hydrogens is 258 g/mol. The summed E-state index contributed by atoms with van der Waals surface area (Å²) in [6.07, 6.45) is 3.67. The van der Waals surface area contributed by atoms with Crippen LogP contribution in [0.4, 0.5) is 0 Å². The molecule has 0 unspecified atom stereocenters. The molecule has 19 heavy (non-hydrogen) atoms. The summed E-state index contributed by atoms with van der Waals surface area (Å²) in [5.41, 5.74) is 1.26. The zero-order valence-electron chi connectivity index (χ0n) is 11.4. The van der Waals surface area contributed by atoms with Crippen LogP contribution >= 0.6 is 11.8 Å². The molecule has 1 N–H and O–H groups in total. The highest BCUT2D eigenvalue weighted by atomic mass is 32.2. The molecule has 0 aliphatic carbocycles. The van der Waals surface area contributed by atoms with Gasteiger partial charge in [0.25, 0.3) is 0 Å². The Kier molecular flexibility index (Phi) is 4.18.